The number of hydrogen-bond donors (Lipinski definition) is 1. The molecular formula is C18H18FN3O2. The quantitative estimate of drug-likeness (QED) is 0.913. The van der Waals surface area contributed by atoms with E-state index >= 15 is 0 Å². The SMILES string of the molecule is [2H]C([2H])(Oc1ccc(C#N)cc1F)c1cccc(OC2CCNCC2)n1. The molecule has 0 radical (unpaired) electrons. The number of piperidine rings is 1. The maximum absolute atomic E-state index is 14.0. The smallest absolute Gasteiger partial charge is 0.213 e. The second-order valence-corrected chi connectivity index (χ2v) is 5.39. The molecule has 0 bridgehead atoms. The van der Waals surface area contributed by atoms with Gasteiger partial charge in [-0.05, 0) is 50.2 Å². The maximum atomic E-state index is 14.0. The van der Waals surface area contributed by atoms with Crippen LogP contribution in [0.5, 0.6) is 11.6 Å². The molecule has 1 saturated heterocycles. The Morgan fingerprint density at radius 1 is 1.33 bits per heavy atom. The lowest BCUT2D eigenvalue weighted by Crippen LogP contribution is -2.34. The van der Waals surface area contributed by atoms with Crippen molar-refractivity contribution in [2.75, 3.05) is 13.1 Å². The topological polar surface area (TPSA) is 67.2 Å². The molecule has 0 atom stereocenters. The summed E-state index contributed by atoms with van der Waals surface area (Å²) in [4.78, 5) is 4.18. The summed E-state index contributed by atoms with van der Waals surface area (Å²) in [6, 6.07) is 10.1. The predicted molar refractivity (Wildman–Crippen MR) is 86.2 cm³/mol. The molecule has 0 unspecified atom stereocenters. The van der Waals surface area contributed by atoms with Gasteiger partial charge in [0.2, 0.25) is 5.88 Å². The largest absolute Gasteiger partial charge is 0.484 e. The zero-order chi connectivity index (χ0) is 18.6. The van der Waals surface area contributed by atoms with Crippen molar-refractivity contribution in [3.05, 3.63) is 53.5 Å². The van der Waals surface area contributed by atoms with E-state index in [4.69, 9.17) is 17.5 Å². The molecule has 0 spiro atoms. The Hall–Kier alpha value is -2.65. The number of hydrogen-bond acceptors (Lipinski definition) is 5. The first-order chi connectivity index (χ1) is 12.5. The van der Waals surface area contributed by atoms with Gasteiger partial charge >= 0.3 is 0 Å². The first-order valence-corrected chi connectivity index (χ1v) is 7.71. The molecular weight excluding hydrogens is 309 g/mol. The molecule has 124 valence electrons. The molecule has 24 heavy (non-hydrogen) atoms. The van der Waals surface area contributed by atoms with Crippen molar-refractivity contribution < 1.29 is 16.6 Å². The minimum absolute atomic E-state index is 0.0207. The standard InChI is InChI=1S/C18H18FN3O2/c19-16-10-13(11-20)4-5-17(16)23-12-14-2-1-3-18(22-14)24-15-6-8-21-9-7-15/h1-5,10,15,21H,6-9,12H2/i12D2. The second kappa shape index (κ2) is 7.75. The van der Waals surface area contributed by atoms with Gasteiger partial charge in [-0.1, -0.05) is 6.07 Å². The lowest BCUT2D eigenvalue weighted by Gasteiger charge is -2.23. The van der Waals surface area contributed by atoms with Crippen LogP contribution in [0.2, 0.25) is 0 Å². The Morgan fingerprint density at radius 3 is 2.92 bits per heavy atom. The van der Waals surface area contributed by atoms with Crippen molar-refractivity contribution in [1.29, 1.82) is 5.26 Å². The van der Waals surface area contributed by atoms with Gasteiger partial charge in [0.25, 0.3) is 0 Å². The number of pyridine rings is 1. The summed E-state index contributed by atoms with van der Waals surface area (Å²) in [7, 11) is 0. The van der Waals surface area contributed by atoms with Crippen molar-refractivity contribution in [1.82, 2.24) is 10.3 Å². The van der Waals surface area contributed by atoms with Gasteiger partial charge in [-0.15, -0.1) is 0 Å². The van der Waals surface area contributed by atoms with Gasteiger partial charge in [-0.2, -0.15) is 5.26 Å². The summed E-state index contributed by atoms with van der Waals surface area (Å²) >= 11 is 0. The second-order valence-electron chi connectivity index (χ2n) is 5.39. The molecule has 1 aliphatic rings. The van der Waals surface area contributed by atoms with Crippen LogP contribution >= 0.6 is 0 Å². The van der Waals surface area contributed by atoms with Gasteiger partial charge in [0, 0.05) is 6.07 Å². The number of nitrogens with zero attached hydrogens (tertiary/aromatic N) is 2. The van der Waals surface area contributed by atoms with E-state index in [0.29, 0.717) is 5.88 Å². The first kappa shape index (κ1) is 13.8. The fraction of sp³-hybridized carbons (Fsp3) is 0.333. The van der Waals surface area contributed by atoms with E-state index in [-0.39, 0.29) is 23.1 Å². The molecule has 5 nitrogen and oxygen atoms in total. The minimum atomic E-state index is -2.36. The number of nitriles is 1. The van der Waals surface area contributed by atoms with Gasteiger partial charge in [-0.3, -0.25) is 0 Å². The highest BCUT2D eigenvalue weighted by Crippen LogP contribution is 2.20. The Labute approximate surface area is 142 Å². The molecule has 0 saturated carbocycles. The molecule has 1 aromatic carbocycles. The van der Waals surface area contributed by atoms with Gasteiger partial charge in [0.05, 0.1) is 20.1 Å². The van der Waals surface area contributed by atoms with Crippen molar-refractivity contribution in [2.45, 2.75) is 25.5 Å². The van der Waals surface area contributed by atoms with Crippen LogP contribution in [0.25, 0.3) is 0 Å². The van der Waals surface area contributed by atoms with E-state index in [1.54, 1.807) is 12.1 Å². The molecule has 2 aromatic rings. The summed E-state index contributed by atoms with van der Waals surface area (Å²) in [5, 5.41) is 12.0. The van der Waals surface area contributed by atoms with Crippen LogP contribution in [0.1, 0.15) is 26.8 Å². The van der Waals surface area contributed by atoms with Crippen LogP contribution in [0, 0.1) is 17.1 Å². The van der Waals surface area contributed by atoms with Crippen LogP contribution in [0.4, 0.5) is 4.39 Å². The van der Waals surface area contributed by atoms with E-state index in [2.05, 4.69) is 10.3 Å². The molecule has 1 N–H and O–H groups in total. The van der Waals surface area contributed by atoms with Crippen LogP contribution in [0.3, 0.4) is 0 Å². The summed E-state index contributed by atoms with van der Waals surface area (Å²) in [6.45, 7) is -0.624. The Kier molecular flexibility index (Phi) is 4.44. The fourth-order valence-electron chi connectivity index (χ4n) is 2.38. The van der Waals surface area contributed by atoms with Crippen LogP contribution in [0.15, 0.2) is 36.4 Å². The van der Waals surface area contributed by atoms with E-state index in [9.17, 15) is 4.39 Å². The van der Waals surface area contributed by atoms with Gasteiger partial charge in [0.1, 0.15) is 12.7 Å². The van der Waals surface area contributed by atoms with Crippen molar-refractivity contribution in [3.63, 3.8) is 0 Å². The van der Waals surface area contributed by atoms with Crippen molar-refractivity contribution >= 4 is 0 Å². The van der Waals surface area contributed by atoms with Crippen molar-refractivity contribution in [2.24, 2.45) is 0 Å². The van der Waals surface area contributed by atoms with Gasteiger partial charge < -0.3 is 14.8 Å². The lowest BCUT2D eigenvalue weighted by atomic mass is 10.1. The van der Waals surface area contributed by atoms with E-state index in [1.807, 2.05) is 6.07 Å². The molecule has 0 amide bonds. The first-order valence-electron chi connectivity index (χ1n) is 8.71. The number of ether oxygens (including phenoxy) is 2. The number of halogens is 1. The van der Waals surface area contributed by atoms with Crippen LogP contribution in [-0.2, 0) is 6.56 Å². The van der Waals surface area contributed by atoms with E-state index in [1.165, 1.54) is 18.2 Å². The van der Waals surface area contributed by atoms with Crippen LogP contribution < -0.4 is 14.8 Å². The third-order valence-corrected chi connectivity index (χ3v) is 3.62. The number of benzene rings is 1. The van der Waals surface area contributed by atoms with Gasteiger partial charge in [0.15, 0.2) is 11.6 Å². The lowest BCUT2D eigenvalue weighted by molar-refractivity contribution is 0.155. The third-order valence-electron chi connectivity index (χ3n) is 3.62. The number of aromatic nitrogens is 1. The Morgan fingerprint density at radius 2 is 2.17 bits per heavy atom. The predicted octanol–water partition coefficient (Wildman–Crippen LogP) is 2.80. The molecule has 0 aliphatic carbocycles. The molecule has 1 aromatic heterocycles. The van der Waals surface area contributed by atoms with E-state index < -0.39 is 12.4 Å². The molecule has 6 heteroatoms. The molecule has 1 fully saturated rings. The highest BCUT2D eigenvalue weighted by atomic mass is 19.1. The number of nitrogens with one attached hydrogen (secondary N) is 1. The van der Waals surface area contributed by atoms with Crippen molar-refractivity contribution in [3.8, 4) is 17.7 Å². The van der Waals surface area contributed by atoms with E-state index in [0.717, 1.165) is 32.0 Å². The highest BCUT2D eigenvalue weighted by Gasteiger charge is 2.15. The highest BCUT2D eigenvalue weighted by molar-refractivity contribution is 5.36. The summed E-state index contributed by atoms with van der Waals surface area (Å²) in [5.74, 6) is -0.794. The Balaban J connectivity index is 1.76. The fourth-order valence-corrected chi connectivity index (χ4v) is 2.38. The summed E-state index contributed by atoms with van der Waals surface area (Å²) < 4.78 is 41.2. The average Bonchev–Trinajstić information content (AvgIpc) is 2.64. The zero-order valence-corrected chi connectivity index (χ0v) is 13.0. The maximum Gasteiger partial charge on any atom is 0.213 e. The number of rotatable bonds is 5. The minimum Gasteiger partial charge on any atom is -0.484 e. The molecule has 2 heterocycles. The molecule has 1 aliphatic heterocycles. The normalized spacial score (nSPS) is 16.7. The Bertz CT molecular complexity index is 820. The van der Waals surface area contributed by atoms with Crippen LogP contribution in [-0.4, -0.2) is 24.2 Å². The monoisotopic (exact) mass is 329 g/mol. The average molecular weight is 329 g/mol. The third kappa shape index (κ3) is 4.21. The zero-order valence-electron chi connectivity index (χ0n) is 15.0. The molecule has 3 rings (SSSR count). The summed E-state index contributed by atoms with van der Waals surface area (Å²) in [5.41, 5.74) is 0.110. The van der Waals surface area contributed by atoms with Gasteiger partial charge in [-0.25, -0.2) is 9.37 Å². The summed E-state index contributed by atoms with van der Waals surface area (Å²) in [6.07, 6.45) is 1.74.